The predicted octanol–water partition coefficient (Wildman–Crippen LogP) is 3.66. The maximum Gasteiger partial charge on any atom is 0.257 e. The first-order chi connectivity index (χ1) is 13.1. The predicted molar refractivity (Wildman–Crippen MR) is 112 cm³/mol. The summed E-state index contributed by atoms with van der Waals surface area (Å²) in [6.07, 6.45) is 1.70. The molecule has 0 radical (unpaired) electrons. The molecule has 27 heavy (non-hydrogen) atoms. The molecular weight excluding hydrogens is 354 g/mol. The Morgan fingerprint density at radius 3 is 2.56 bits per heavy atom. The van der Waals surface area contributed by atoms with Crippen LogP contribution >= 0.6 is 12.2 Å². The number of hydrogen-bond donors (Lipinski definition) is 1. The number of rotatable bonds is 1. The van der Waals surface area contributed by atoms with Crippen LogP contribution in [0, 0.1) is 6.92 Å². The lowest BCUT2D eigenvalue weighted by Crippen LogP contribution is -2.43. The molecule has 0 bridgehead atoms. The number of carbonyl (C=O) groups is 1. The Bertz CT molecular complexity index is 1020. The molecule has 1 amide bonds. The van der Waals surface area contributed by atoms with Crippen LogP contribution in [0.4, 0.5) is 0 Å². The number of amides is 1. The zero-order chi connectivity index (χ0) is 18.8. The first-order valence-electron chi connectivity index (χ1n) is 9.16. The fraction of sp³-hybridized carbons (Fsp3) is 0.227. The van der Waals surface area contributed by atoms with Gasteiger partial charge >= 0.3 is 0 Å². The molecular formula is C22H21N3OS. The molecule has 0 saturated heterocycles. The van der Waals surface area contributed by atoms with Gasteiger partial charge in [0.15, 0.2) is 5.11 Å². The van der Waals surface area contributed by atoms with Crippen LogP contribution in [0.2, 0.25) is 0 Å². The summed E-state index contributed by atoms with van der Waals surface area (Å²) in [5.41, 5.74) is 5.42. The van der Waals surface area contributed by atoms with Crippen LogP contribution in [0.5, 0.6) is 0 Å². The quantitative estimate of drug-likeness (QED) is 0.660. The van der Waals surface area contributed by atoms with Crippen LogP contribution in [0.25, 0.3) is 10.9 Å². The Morgan fingerprint density at radius 1 is 1.04 bits per heavy atom. The van der Waals surface area contributed by atoms with E-state index in [1.54, 1.807) is 12.1 Å². The first-order valence-corrected chi connectivity index (χ1v) is 9.56. The number of thiocarbonyl (C=S) groups is 1. The number of fused-ring (bicyclic) bond motifs is 2. The van der Waals surface area contributed by atoms with Gasteiger partial charge in [0.25, 0.3) is 5.91 Å². The van der Waals surface area contributed by atoms with Crippen molar-refractivity contribution in [3.8, 4) is 0 Å². The van der Waals surface area contributed by atoms with Crippen molar-refractivity contribution < 1.29 is 4.79 Å². The van der Waals surface area contributed by atoms with E-state index >= 15 is 0 Å². The Kier molecular flexibility index (Phi) is 4.86. The van der Waals surface area contributed by atoms with Gasteiger partial charge in [-0.05, 0) is 54.9 Å². The molecule has 0 unspecified atom stereocenters. The van der Waals surface area contributed by atoms with Crippen molar-refractivity contribution in [1.82, 2.24) is 15.2 Å². The van der Waals surface area contributed by atoms with Crippen LogP contribution in [0.1, 0.15) is 27.2 Å². The number of aromatic nitrogens is 1. The largest absolute Gasteiger partial charge is 0.348 e. The molecule has 4 rings (SSSR count). The van der Waals surface area contributed by atoms with Gasteiger partial charge in [-0.25, -0.2) is 0 Å². The smallest absolute Gasteiger partial charge is 0.257 e. The Hall–Kier alpha value is -2.79. The molecule has 5 heteroatoms. The van der Waals surface area contributed by atoms with Crippen molar-refractivity contribution in [2.75, 3.05) is 13.1 Å². The van der Waals surface area contributed by atoms with Gasteiger partial charge < -0.3 is 4.90 Å². The fourth-order valence-corrected chi connectivity index (χ4v) is 3.93. The number of benzene rings is 2. The lowest BCUT2D eigenvalue weighted by Gasteiger charge is -2.23. The second kappa shape index (κ2) is 7.45. The van der Waals surface area contributed by atoms with Gasteiger partial charge in [0.05, 0.1) is 5.52 Å². The summed E-state index contributed by atoms with van der Waals surface area (Å²) < 4.78 is 0. The number of carbonyl (C=O) groups excluding carboxylic acids is 1. The highest BCUT2D eigenvalue weighted by Gasteiger charge is 2.21. The average Bonchev–Trinajstić information content (AvgIpc) is 2.92. The Morgan fingerprint density at radius 2 is 1.74 bits per heavy atom. The van der Waals surface area contributed by atoms with Crippen molar-refractivity contribution in [2.24, 2.45) is 0 Å². The summed E-state index contributed by atoms with van der Waals surface area (Å²) in [5.74, 6) is -0.164. The standard InChI is InChI=1S/C22H21N3OS/c1-15-17-9-5-6-10-19(17)23-20-12-14-25(13-11-18(15)20)22(27)24-21(26)16-7-3-2-4-8-16/h2-10H,11-14H2,1H3,(H,24,26,27). The van der Waals surface area contributed by atoms with Gasteiger partial charge in [0.2, 0.25) is 0 Å². The third-order valence-electron chi connectivity index (χ3n) is 5.16. The van der Waals surface area contributed by atoms with Gasteiger partial charge in [-0.2, -0.15) is 0 Å². The van der Waals surface area contributed by atoms with Crippen LogP contribution < -0.4 is 5.32 Å². The lowest BCUT2D eigenvalue weighted by molar-refractivity contribution is 0.0973. The van der Waals surface area contributed by atoms with Crippen molar-refractivity contribution in [2.45, 2.75) is 19.8 Å². The highest BCUT2D eigenvalue weighted by molar-refractivity contribution is 7.80. The molecule has 1 aromatic heterocycles. The highest BCUT2D eigenvalue weighted by Crippen LogP contribution is 2.25. The maximum absolute atomic E-state index is 12.4. The minimum atomic E-state index is -0.164. The molecule has 0 fully saturated rings. The van der Waals surface area contributed by atoms with Crippen molar-refractivity contribution in [3.63, 3.8) is 0 Å². The van der Waals surface area contributed by atoms with E-state index < -0.39 is 0 Å². The Labute approximate surface area is 164 Å². The molecule has 136 valence electrons. The van der Waals surface area contributed by atoms with Crippen LogP contribution in [-0.2, 0) is 12.8 Å². The van der Waals surface area contributed by atoms with Crippen LogP contribution in [-0.4, -0.2) is 34.0 Å². The third-order valence-corrected chi connectivity index (χ3v) is 5.52. The van der Waals surface area contributed by atoms with E-state index in [9.17, 15) is 4.79 Å². The molecule has 1 aliphatic rings. The van der Waals surface area contributed by atoms with Crippen molar-refractivity contribution >= 4 is 34.1 Å². The van der Waals surface area contributed by atoms with E-state index in [1.807, 2.05) is 24.3 Å². The first kappa shape index (κ1) is 17.6. The van der Waals surface area contributed by atoms with Gasteiger partial charge in [-0.15, -0.1) is 0 Å². The highest BCUT2D eigenvalue weighted by atomic mass is 32.1. The monoisotopic (exact) mass is 375 g/mol. The Balaban J connectivity index is 1.51. The summed E-state index contributed by atoms with van der Waals surface area (Å²) in [7, 11) is 0. The molecule has 4 nitrogen and oxygen atoms in total. The number of pyridine rings is 1. The number of aryl methyl sites for hydroxylation is 1. The van der Waals surface area contributed by atoms with Gasteiger partial charge in [-0.3, -0.25) is 15.1 Å². The van der Waals surface area contributed by atoms with Crippen molar-refractivity contribution in [3.05, 3.63) is 77.0 Å². The fourth-order valence-electron chi connectivity index (χ4n) is 3.66. The lowest BCUT2D eigenvalue weighted by atomic mass is 9.99. The van der Waals surface area contributed by atoms with Gasteiger partial charge in [-0.1, -0.05) is 36.4 Å². The topological polar surface area (TPSA) is 45.2 Å². The molecule has 0 saturated carbocycles. The molecule has 1 aliphatic heterocycles. The SMILES string of the molecule is Cc1c2c(nc3ccccc13)CCN(C(=S)NC(=O)c1ccccc1)CC2. The van der Waals surface area contributed by atoms with E-state index in [0.717, 1.165) is 37.1 Å². The van der Waals surface area contributed by atoms with Gasteiger partial charge in [0.1, 0.15) is 0 Å². The molecule has 0 spiro atoms. The van der Waals surface area contributed by atoms with E-state index in [-0.39, 0.29) is 5.91 Å². The second-order valence-corrected chi connectivity index (χ2v) is 7.18. The van der Waals surface area contributed by atoms with Crippen LogP contribution in [0.3, 0.4) is 0 Å². The third kappa shape index (κ3) is 3.55. The summed E-state index contributed by atoms with van der Waals surface area (Å²) in [6.45, 7) is 3.71. The number of nitrogens with one attached hydrogen (secondary N) is 1. The average molecular weight is 375 g/mol. The molecule has 2 heterocycles. The van der Waals surface area contributed by atoms with Gasteiger partial charge in [0, 0.05) is 36.2 Å². The van der Waals surface area contributed by atoms with E-state index in [4.69, 9.17) is 17.2 Å². The summed E-state index contributed by atoms with van der Waals surface area (Å²) in [6, 6.07) is 17.4. The van der Waals surface area contributed by atoms with E-state index in [2.05, 4.69) is 35.3 Å². The summed E-state index contributed by atoms with van der Waals surface area (Å²) in [4.78, 5) is 19.3. The van der Waals surface area contributed by atoms with Crippen molar-refractivity contribution in [1.29, 1.82) is 0 Å². The molecule has 0 aliphatic carbocycles. The zero-order valence-electron chi connectivity index (χ0n) is 15.2. The maximum atomic E-state index is 12.4. The second-order valence-electron chi connectivity index (χ2n) is 6.79. The van der Waals surface area contributed by atoms with Crippen LogP contribution in [0.15, 0.2) is 54.6 Å². The number of hydrogen-bond acceptors (Lipinski definition) is 3. The normalized spacial score (nSPS) is 13.7. The van der Waals surface area contributed by atoms with E-state index in [1.165, 1.54) is 16.5 Å². The van der Waals surface area contributed by atoms with E-state index in [0.29, 0.717) is 10.7 Å². The summed E-state index contributed by atoms with van der Waals surface area (Å²) >= 11 is 5.51. The molecule has 1 N–H and O–H groups in total. The minimum absolute atomic E-state index is 0.164. The zero-order valence-corrected chi connectivity index (χ0v) is 16.1. The summed E-state index contributed by atoms with van der Waals surface area (Å²) in [5, 5.41) is 4.56. The minimum Gasteiger partial charge on any atom is -0.348 e. The number of nitrogens with zero attached hydrogens (tertiary/aromatic N) is 2. The number of para-hydroxylation sites is 1. The molecule has 2 aromatic carbocycles. The molecule has 0 atom stereocenters. The molecule has 3 aromatic rings.